The van der Waals surface area contributed by atoms with Gasteiger partial charge in [-0.3, -0.25) is 4.79 Å². The Morgan fingerprint density at radius 3 is 2.88 bits per heavy atom. The molecule has 2 rings (SSSR count). The second-order valence-electron chi connectivity index (χ2n) is 4.94. The monoisotopic (exact) mass is 237 g/mol. The molecule has 94 valence electrons. The quantitative estimate of drug-likeness (QED) is 0.819. The first-order valence-electron chi connectivity index (χ1n) is 6.06. The lowest BCUT2D eigenvalue weighted by Crippen LogP contribution is -2.38. The van der Waals surface area contributed by atoms with Gasteiger partial charge in [-0.1, -0.05) is 13.8 Å². The van der Waals surface area contributed by atoms with E-state index in [9.17, 15) is 4.79 Å². The standard InChI is InChI=1S/C12H19N3O2/c1-7(2)12-14-10(16)5-11(15-12)17-9-3-8(4-9)6-13/h5,7-9H,3-4,6,13H2,1-2H3,(H,14,15,16). The maximum absolute atomic E-state index is 11.4. The maximum Gasteiger partial charge on any atom is 0.254 e. The molecular formula is C12H19N3O2. The van der Waals surface area contributed by atoms with E-state index in [4.69, 9.17) is 10.5 Å². The summed E-state index contributed by atoms with van der Waals surface area (Å²) in [5, 5.41) is 0. The normalized spacial score (nSPS) is 23.5. The van der Waals surface area contributed by atoms with Crippen LogP contribution in [0, 0.1) is 5.92 Å². The first-order valence-corrected chi connectivity index (χ1v) is 6.06. The van der Waals surface area contributed by atoms with Crippen LogP contribution in [0.25, 0.3) is 0 Å². The van der Waals surface area contributed by atoms with Crippen molar-refractivity contribution in [3.8, 4) is 5.88 Å². The minimum atomic E-state index is -0.159. The van der Waals surface area contributed by atoms with Crippen LogP contribution in [-0.4, -0.2) is 22.6 Å². The van der Waals surface area contributed by atoms with Gasteiger partial charge >= 0.3 is 0 Å². The third-order valence-corrected chi connectivity index (χ3v) is 3.10. The van der Waals surface area contributed by atoms with Crippen LogP contribution in [0.4, 0.5) is 0 Å². The average molecular weight is 237 g/mol. The predicted molar refractivity (Wildman–Crippen MR) is 65.1 cm³/mol. The highest BCUT2D eigenvalue weighted by atomic mass is 16.5. The van der Waals surface area contributed by atoms with Crippen molar-refractivity contribution in [2.24, 2.45) is 11.7 Å². The summed E-state index contributed by atoms with van der Waals surface area (Å²) in [5.74, 6) is 1.84. The molecule has 0 amide bonds. The van der Waals surface area contributed by atoms with Gasteiger partial charge in [0.05, 0.1) is 6.07 Å². The third kappa shape index (κ3) is 2.85. The Kier molecular flexibility index (Phi) is 3.47. The Labute approximate surface area is 100 Å². The summed E-state index contributed by atoms with van der Waals surface area (Å²) < 4.78 is 5.67. The van der Waals surface area contributed by atoms with Crippen molar-refractivity contribution < 1.29 is 4.74 Å². The van der Waals surface area contributed by atoms with E-state index in [1.54, 1.807) is 0 Å². The van der Waals surface area contributed by atoms with Crippen molar-refractivity contribution in [1.29, 1.82) is 0 Å². The van der Waals surface area contributed by atoms with E-state index >= 15 is 0 Å². The average Bonchev–Trinajstić information content (AvgIpc) is 2.21. The van der Waals surface area contributed by atoms with Gasteiger partial charge in [-0.2, -0.15) is 4.98 Å². The first-order chi connectivity index (χ1) is 8.08. The van der Waals surface area contributed by atoms with Gasteiger partial charge < -0.3 is 15.5 Å². The summed E-state index contributed by atoms with van der Waals surface area (Å²) in [6.07, 6.45) is 2.09. The molecule has 0 spiro atoms. The van der Waals surface area contributed by atoms with Gasteiger partial charge in [0.2, 0.25) is 5.88 Å². The summed E-state index contributed by atoms with van der Waals surface area (Å²) in [6.45, 7) is 4.67. The fraction of sp³-hybridized carbons (Fsp3) is 0.667. The highest BCUT2D eigenvalue weighted by Crippen LogP contribution is 2.29. The molecule has 1 heterocycles. The number of H-pyrrole nitrogens is 1. The maximum atomic E-state index is 11.4. The summed E-state index contributed by atoms with van der Waals surface area (Å²) in [5.41, 5.74) is 5.39. The molecular weight excluding hydrogens is 218 g/mol. The zero-order chi connectivity index (χ0) is 12.4. The Bertz CT molecular complexity index is 436. The molecule has 0 aliphatic heterocycles. The lowest BCUT2D eigenvalue weighted by Gasteiger charge is -2.34. The zero-order valence-electron chi connectivity index (χ0n) is 10.3. The number of rotatable bonds is 4. The lowest BCUT2D eigenvalue weighted by atomic mass is 9.82. The van der Waals surface area contributed by atoms with Gasteiger partial charge in [0.25, 0.3) is 5.56 Å². The molecule has 0 aromatic carbocycles. The highest BCUT2D eigenvalue weighted by Gasteiger charge is 2.30. The molecule has 0 saturated heterocycles. The van der Waals surface area contributed by atoms with Gasteiger partial charge in [-0.25, -0.2) is 0 Å². The van der Waals surface area contributed by atoms with Gasteiger partial charge in [0, 0.05) is 5.92 Å². The molecule has 5 nitrogen and oxygen atoms in total. The molecule has 1 aliphatic rings. The van der Waals surface area contributed by atoms with Crippen LogP contribution in [0.5, 0.6) is 5.88 Å². The van der Waals surface area contributed by atoms with Crippen LogP contribution in [0.3, 0.4) is 0 Å². The van der Waals surface area contributed by atoms with Gasteiger partial charge in [0.15, 0.2) is 0 Å². The van der Waals surface area contributed by atoms with Crippen LogP contribution in [0.2, 0.25) is 0 Å². The number of hydrogen-bond acceptors (Lipinski definition) is 4. The number of aromatic amines is 1. The predicted octanol–water partition coefficient (Wildman–Crippen LogP) is 1.01. The fourth-order valence-electron chi connectivity index (χ4n) is 1.92. The van der Waals surface area contributed by atoms with Gasteiger partial charge in [-0.15, -0.1) is 0 Å². The van der Waals surface area contributed by atoms with Crippen molar-refractivity contribution in [2.45, 2.75) is 38.7 Å². The minimum Gasteiger partial charge on any atom is -0.474 e. The molecule has 3 N–H and O–H groups in total. The highest BCUT2D eigenvalue weighted by molar-refractivity contribution is 5.11. The largest absolute Gasteiger partial charge is 0.474 e. The van der Waals surface area contributed by atoms with Crippen LogP contribution < -0.4 is 16.0 Å². The topological polar surface area (TPSA) is 81.0 Å². The molecule has 1 fully saturated rings. The van der Waals surface area contributed by atoms with Crippen LogP contribution in [0.15, 0.2) is 10.9 Å². The van der Waals surface area contributed by atoms with Crippen molar-refractivity contribution >= 4 is 0 Å². The molecule has 0 bridgehead atoms. The van der Waals surface area contributed by atoms with Crippen molar-refractivity contribution in [3.63, 3.8) is 0 Å². The van der Waals surface area contributed by atoms with Crippen LogP contribution in [-0.2, 0) is 0 Å². The fourth-order valence-corrected chi connectivity index (χ4v) is 1.92. The third-order valence-electron chi connectivity index (χ3n) is 3.10. The summed E-state index contributed by atoms with van der Waals surface area (Å²) in [6, 6.07) is 1.40. The smallest absolute Gasteiger partial charge is 0.254 e. The van der Waals surface area contributed by atoms with E-state index < -0.39 is 0 Å². The van der Waals surface area contributed by atoms with E-state index in [1.165, 1.54) is 6.07 Å². The van der Waals surface area contributed by atoms with Crippen molar-refractivity contribution in [3.05, 3.63) is 22.2 Å². The summed E-state index contributed by atoms with van der Waals surface area (Å²) in [4.78, 5) is 18.4. The Morgan fingerprint density at radius 1 is 1.59 bits per heavy atom. The Morgan fingerprint density at radius 2 is 2.29 bits per heavy atom. The lowest BCUT2D eigenvalue weighted by molar-refractivity contribution is 0.0643. The number of nitrogens with one attached hydrogen (secondary N) is 1. The SMILES string of the molecule is CC(C)c1nc(OC2CC(CN)C2)cc(=O)[nH]1. The van der Waals surface area contributed by atoms with E-state index in [0.29, 0.717) is 24.2 Å². The molecule has 1 aromatic heterocycles. The summed E-state index contributed by atoms with van der Waals surface area (Å²) >= 11 is 0. The molecule has 17 heavy (non-hydrogen) atoms. The molecule has 0 unspecified atom stereocenters. The molecule has 1 aromatic rings. The van der Waals surface area contributed by atoms with E-state index in [2.05, 4.69) is 9.97 Å². The molecule has 0 radical (unpaired) electrons. The number of nitrogens with zero attached hydrogens (tertiary/aromatic N) is 1. The van der Waals surface area contributed by atoms with Gasteiger partial charge in [-0.05, 0) is 25.3 Å². The Balaban J connectivity index is 2.04. The molecule has 0 atom stereocenters. The van der Waals surface area contributed by atoms with E-state index in [1.807, 2.05) is 13.8 Å². The molecule has 5 heteroatoms. The first kappa shape index (κ1) is 12.1. The minimum absolute atomic E-state index is 0.159. The number of nitrogens with two attached hydrogens (primary N) is 1. The van der Waals surface area contributed by atoms with E-state index in [0.717, 1.165) is 12.8 Å². The molecule has 1 saturated carbocycles. The van der Waals surface area contributed by atoms with Crippen molar-refractivity contribution in [1.82, 2.24) is 9.97 Å². The summed E-state index contributed by atoms with van der Waals surface area (Å²) in [7, 11) is 0. The second kappa shape index (κ2) is 4.87. The van der Waals surface area contributed by atoms with Gasteiger partial charge in [0.1, 0.15) is 11.9 Å². The van der Waals surface area contributed by atoms with E-state index in [-0.39, 0.29) is 17.6 Å². The van der Waals surface area contributed by atoms with Crippen LogP contribution >= 0.6 is 0 Å². The molecule has 1 aliphatic carbocycles. The Hall–Kier alpha value is -1.36. The second-order valence-corrected chi connectivity index (χ2v) is 4.94. The number of hydrogen-bond donors (Lipinski definition) is 2. The van der Waals surface area contributed by atoms with Crippen LogP contribution in [0.1, 0.15) is 38.4 Å². The zero-order valence-corrected chi connectivity index (χ0v) is 10.3. The van der Waals surface area contributed by atoms with Crippen molar-refractivity contribution in [2.75, 3.05) is 6.54 Å². The number of aromatic nitrogens is 2. The number of ether oxygens (including phenoxy) is 1.